The van der Waals surface area contributed by atoms with Crippen LogP contribution in [0.2, 0.25) is 5.02 Å². The molecular weight excluding hydrogens is 366 g/mol. The fourth-order valence-electron chi connectivity index (χ4n) is 2.63. The van der Waals surface area contributed by atoms with Gasteiger partial charge < -0.3 is 5.32 Å². The summed E-state index contributed by atoms with van der Waals surface area (Å²) in [6, 6.07) is 10.8. The minimum Gasteiger partial charge on any atom is -0.305 e. The second-order valence-electron chi connectivity index (χ2n) is 5.33. The Balaban J connectivity index is 1.79. The highest BCUT2D eigenvalue weighted by atomic mass is 35.5. The summed E-state index contributed by atoms with van der Waals surface area (Å²) in [6.45, 7) is 0. The molecule has 1 aliphatic heterocycles. The molecule has 0 fully saturated rings. The van der Waals surface area contributed by atoms with Crippen LogP contribution >= 0.6 is 22.9 Å². The Bertz CT molecular complexity index is 950. The molecule has 2 aromatic heterocycles. The van der Waals surface area contributed by atoms with Crippen LogP contribution in [0, 0.1) is 0 Å². The van der Waals surface area contributed by atoms with E-state index in [-0.39, 0.29) is 5.91 Å². The molecule has 5 nitrogen and oxygen atoms in total. The van der Waals surface area contributed by atoms with Gasteiger partial charge in [0.25, 0.3) is 5.91 Å². The van der Waals surface area contributed by atoms with Gasteiger partial charge in [-0.1, -0.05) is 23.7 Å². The van der Waals surface area contributed by atoms with Gasteiger partial charge in [-0.15, -0.1) is 11.3 Å². The number of halogens is 1. The van der Waals surface area contributed by atoms with Gasteiger partial charge in [-0.05, 0) is 29.6 Å². The molecule has 1 aliphatic rings. The topological polar surface area (TPSA) is 64.0 Å². The third kappa shape index (κ3) is 2.79. The van der Waals surface area contributed by atoms with Crippen LogP contribution in [-0.2, 0) is 22.3 Å². The van der Waals surface area contributed by atoms with Crippen molar-refractivity contribution in [2.24, 2.45) is 0 Å². The normalized spacial score (nSPS) is 16.1. The number of carbonyl (C=O) groups is 1. The molecule has 1 amide bonds. The zero-order valence-corrected chi connectivity index (χ0v) is 14.7. The van der Waals surface area contributed by atoms with Crippen molar-refractivity contribution in [1.82, 2.24) is 9.78 Å². The number of nitrogens with zero attached hydrogens (tertiary/aromatic N) is 2. The van der Waals surface area contributed by atoms with Gasteiger partial charge in [-0.3, -0.25) is 9.00 Å². The zero-order valence-electron chi connectivity index (χ0n) is 12.4. The van der Waals surface area contributed by atoms with Crippen LogP contribution in [0.15, 0.2) is 41.8 Å². The van der Waals surface area contributed by atoms with Crippen LogP contribution in [0.1, 0.15) is 20.9 Å². The van der Waals surface area contributed by atoms with E-state index in [1.807, 2.05) is 23.6 Å². The van der Waals surface area contributed by atoms with Crippen molar-refractivity contribution in [2.75, 3.05) is 5.32 Å². The number of aromatic nitrogens is 2. The Morgan fingerprint density at radius 1 is 1.29 bits per heavy atom. The van der Waals surface area contributed by atoms with Crippen molar-refractivity contribution >= 4 is 45.5 Å². The second kappa shape index (κ2) is 6.16. The third-order valence-electron chi connectivity index (χ3n) is 3.70. The molecule has 1 aromatic carbocycles. The highest BCUT2D eigenvalue weighted by molar-refractivity contribution is 7.83. The molecule has 8 heteroatoms. The van der Waals surface area contributed by atoms with Gasteiger partial charge in [0.15, 0.2) is 0 Å². The molecule has 1 unspecified atom stereocenters. The van der Waals surface area contributed by atoms with E-state index in [1.165, 1.54) is 11.3 Å². The minimum absolute atomic E-state index is 0.200. The molecule has 3 aromatic rings. The Labute approximate surface area is 149 Å². The van der Waals surface area contributed by atoms with E-state index in [0.717, 1.165) is 16.9 Å². The molecule has 24 heavy (non-hydrogen) atoms. The molecule has 3 heterocycles. The Morgan fingerprint density at radius 2 is 2.17 bits per heavy atom. The highest BCUT2D eigenvalue weighted by Gasteiger charge is 2.28. The van der Waals surface area contributed by atoms with Crippen LogP contribution in [0.3, 0.4) is 0 Å². The average Bonchev–Trinajstić information content (AvgIpc) is 3.25. The van der Waals surface area contributed by atoms with Crippen molar-refractivity contribution in [1.29, 1.82) is 0 Å². The molecule has 1 N–H and O–H groups in total. The lowest BCUT2D eigenvalue weighted by atomic mass is 10.2. The van der Waals surface area contributed by atoms with Gasteiger partial charge >= 0.3 is 0 Å². The van der Waals surface area contributed by atoms with Crippen LogP contribution in [0.5, 0.6) is 0 Å². The largest absolute Gasteiger partial charge is 0.305 e. The number of nitrogens with one attached hydrogen (secondary N) is 1. The Kier molecular flexibility index (Phi) is 3.99. The molecule has 1 atom stereocenters. The minimum atomic E-state index is -0.970. The summed E-state index contributed by atoms with van der Waals surface area (Å²) in [4.78, 5) is 13.1. The fraction of sp³-hybridized carbons (Fsp3) is 0.125. The van der Waals surface area contributed by atoms with Crippen molar-refractivity contribution in [2.45, 2.75) is 11.5 Å². The Hall–Kier alpha value is -1.96. The summed E-state index contributed by atoms with van der Waals surface area (Å²) < 4.78 is 13.5. The van der Waals surface area contributed by atoms with Gasteiger partial charge in [0.1, 0.15) is 5.82 Å². The predicted octanol–water partition coefficient (Wildman–Crippen LogP) is 3.60. The van der Waals surface area contributed by atoms with E-state index in [9.17, 15) is 9.00 Å². The summed E-state index contributed by atoms with van der Waals surface area (Å²) in [7, 11) is -0.970. The van der Waals surface area contributed by atoms with Crippen molar-refractivity contribution in [3.63, 3.8) is 0 Å². The number of rotatable bonds is 3. The molecule has 0 saturated carbocycles. The zero-order chi connectivity index (χ0) is 16.7. The van der Waals surface area contributed by atoms with Gasteiger partial charge in [0.05, 0.1) is 27.8 Å². The van der Waals surface area contributed by atoms with Gasteiger partial charge in [0.2, 0.25) is 0 Å². The monoisotopic (exact) mass is 377 g/mol. The number of anilines is 1. The first kappa shape index (κ1) is 15.6. The van der Waals surface area contributed by atoms with Crippen LogP contribution < -0.4 is 5.32 Å². The Morgan fingerprint density at radius 3 is 2.92 bits per heavy atom. The first-order chi connectivity index (χ1) is 11.6. The first-order valence-corrected chi connectivity index (χ1v) is 9.93. The highest BCUT2D eigenvalue weighted by Crippen LogP contribution is 2.32. The molecule has 0 saturated heterocycles. The number of hydrogen-bond donors (Lipinski definition) is 1. The second-order valence-corrected chi connectivity index (χ2v) is 8.17. The standard InChI is InChI=1S/C16H12ClN3O2S2/c17-10-3-1-4-11(7-10)20-15(12-8-24(22)9-13(12)19-20)18-16(21)14-5-2-6-23-14/h1-7H,8-9H2,(H,18,21). The number of benzene rings is 1. The van der Waals surface area contributed by atoms with Gasteiger partial charge in [-0.2, -0.15) is 5.10 Å². The fourth-order valence-corrected chi connectivity index (χ4v) is 4.70. The van der Waals surface area contributed by atoms with Gasteiger partial charge in [-0.25, -0.2) is 4.68 Å². The van der Waals surface area contributed by atoms with E-state index >= 15 is 0 Å². The molecule has 122 valence electrons. The van der Waals surface area contributed by atoms with Crippen molar-refractivity contribution in [3.8, 4) is 5.69 Å². The number of thiophene rings is 1. The predicted molar refractivity (Wildman–Crippen MR) is 96.4 cm³/mol. The van der Waals surface area contributed by atoms with Crippen LogP contribution in [0.25, 0.3) is 5.69 Å². The summed E-state index contributed by atoms with van der Waals surface area (Å²) in [5.74, 6) is 1.17. The van der Waals surface area contributed by atoms with E-state index < -0.39 is 10.8 Å². The van der Waals surface area contributed by atoms with E-state index in [0.29, 0.717) is 27.2 Å². The van der Waals surface area contributed by atoms with Crippen LogP contribution in [-0.4, -0.2) is 19.9 Å². The number of hydrogen-bond acceptors (Lipinski definition) is 4. The molecule has 0 spiro atoms. The molecular formula is C16H12ClN3O2S2. The maximum absolute atomic E-state index is 12.5. The summed E-state index contributed by atoms with van der Waals surface area (Å²) in [5, 5.41) is 9.90. The summed E-state index contributed by atoms with van der Waals surface area (Å²) in [6.07, 6.45) is 0. The van der Waals surface area contributed by atoms with E-state index in [2.05, 4.69) is 10.4 Å². The number of amides is 1. The quantitative estimate of drug-likeness (QED) is 0.758. The molecule has 0 radical (unpaired) electrons. The first-order valence-electron chi connectivity index (χ1n) is 7.18. The SMILES string of the molecule is O=C(Nc1c2c(nn1-c1cccc(Cl)c1)CS(=O)C2)c1cccs1. The maximum atomic E-state index is 12.5. The smallest absolute Gasteiger partial charge is 0.266 e. The lowest BCUT2D eigenvalue weighted by Crippen LogP contribution is -2.15. The third-order valence-corrected chi connectivity index (χ3v) is 6.01. The van der Waals surface area contributed by atoms with Crippen LogP contribution in [0.4, 0.5) is 5.82 Å². The summed E-state index contributed by atoms with van der Waals surface area (Å²) >= 11 is 7.44. The molecule has 4 rings (SSSR count). The summed E-state index contributed by atoms with van der Waals surface area (Å²) in [5.41, 5.74) is 2.34. The average molecular weight is 378 g/mol. The molecule has 0 aliphatic carbocycles. The lowest BCUT2D eigenvalue weighted by Gasteiger charge is -2.10. The lowest BCUT2D eigenvalue weighted by molar-refractivity contribution is 0.102. The van der Waals surface area contributed by atoms with E-state index in [4.69, 9.17) is 11.6 Å². The number of carbonyl (C=O) groups excluding carboxylic acids is 1. The van der Waals surface area contributed by atoms with Crippen molar-refractivity contribution in [3.05, 3.63) is 62.9 Å². The molecule has 0 bridgehead atoms. The number of fused-ring (bicyclic) bond motifs is 1. The van der Waals surface area contributed by atoms with E-state index in [1.54, 1.807) is 22.9 Å². The maximum Gasteiger partial charge on any atom is 0.266 e. The van der Waals surface area contributed by atoms with Gasteiger partial charge in [0, 0.05) is 21.4 Å². The van der Waals surface area contributed by atoms with Crippen molar-refractivity contribution < 1.29 is 9.00 Å².